The van der Waals surface area contributed by atoms with Crippen molar-refractivity contribution in [3.63, 3.8) is 0 Å². The van der Waals surface area contributed by atoms with Crippen molar-refractivity contribution < 1.29 is 5.11 Å². The Kier molecular flexibility index (Phi) is 3.97. The minimum absolute atomic E-state index is 0.521. The van der Waals surface area contributed by atoms with Crippen LogP contribution >= 0.6 is 15.9 Å². The van der Waals surface area contributed by atoms with Crippen LogP contribution in [0.15, 0.2) is 4.47 Å². The van der Waals surface area contributed by atoms with Crippen LogP contribution in [0, 0.1) is 11.8 Å². The first-order chi connectivity index (χ1) is 9.52. The van der Waals surface area contributed by atoms with Crippen LogP contribution in [0.4, 0.5) is 0 Å². The normalized spacial score (nSPS) is 30.7. The predicted octanol–water partition coefficient (Wildman–Crippen LogP) is 3.62. The zero-order valence-corrected chi connectivity index (χ0v) is 14.1. The summed E-state index contributed by atoms with van der Waals surface area (Å²) in [7, 11) is 1.99. The second-order valence-corrected chi connectivity index (χ2v) is 7.57. The fourth-order valence-electron chi connectivity index (χ4n) is 3.84. The highest BCUT2D eigenvalue weighted by molar-refractivity contribution is 9.10. The van der Waals surface area contributed by atoms with Gasteiger partial charge in [0.25, 0.3) is 0 Å². The van der Waals surface area contributed by atoms with Crippen molar-refractivity contribution in [1.29, 1.82) is 0 Å². The van der Waals surface area contributed by atoms with Crippen molar-refractivity contribution in [2.45, 2.75) is 63.9 Å². The fourth-order valence-corrected chi connectivity index (χ4v) is 4.60. The van der Waals surface area contributed by atoms with Crippen molar-refractivity contribution in [2.24, 2.45) is 18.9 Å². The van der Waals surface area contributed by atoms with Gasteiger partial charge in [0.1, 0.15) is 0 Å². The number of aliphatic hydroxyl groups is 1. The first kappa shape index (κ1) is 14.6. The van der Waals surface area contributed by atoms with Crippen LogP contribution in [-0.2, 0) is 19.9 Å². The molecule has 0 aliphatic heterocycles. The second-order valence-electron chi connectivity index (χ2n) is 6.78. The number of aromatic nitrogens is 2. The van der Waals surface area contributed by atoms with Crippen molar-refractivity contribution in [2.75, 3.05) is 0 Å². The van der Waals surface area contributed by atoms with Gasteiger partial charge in [0.05, 0.1) is 21.5 Å². The average Bonchev–Trinajstić information content (AvgIpc) is 3.22. The molecule has 2 atom stereocenters. The van der Waals surface area contributed by atoms with E-state index in [1.165, 1.54) is 25.7 Å². The lowest BCUT2D eigenvalue weighted by atomic mass is 9.74. The van der Waals surface area contributed by atoms with Crippen LogP contribution in [-0.4, -0.2) is 20.5 Å². The fraction of sp³-hybridized carbons (Fsp3) is 0.812. The Labute approximate surface area is 129 Å². The van der Waals surface area contributed by atoms with Gasteiger partial charge >= 0.3 is 0 Å². The molecule has 1 aromatic rings. The lowest BCUT2D eigenvalue weighted by Crippen LogP contribution is -2.38. The van der Waals surface area contributed by atoms with Gasteiger partial charge in [0.15, 0.2) is 0 Å². The van der Waals surface area contributed by atoms with E-state index in [1.807, 2.05) is 11.7 Å². The Hall–Kier alpha value is -0.350. The second kappa shape index (κ2) is 5.45. The molecule has 1 heterocycles. The van der Waals surface area contributed by atoms with Gasteiger partial charge < -0.3 is 5.11 Å². The zero-order valence-electron chi connectivity index (χ0n) is 12.5. The summed E-state index contributed by atoms with van der Waals surface area (Å²) < 4.78 is 3.05. The van der Waals surface area contributed by atoms with Crippen molar-refractivity contribution in [3.8, 4) is 0 Å². The molecule has 0 spiro atoms. The average molecular weight is 341 g/mol. The van der Waals surface area contributed by atoms with E-state index in [4.69, 9.17) is 0 Å². The molecule has 0 amide bonds. The SMILES string of the molecule is CCc1nn(C)c(CC2(O)CCCC(C3CC3)C2)c1Br. The van der Waals surface area contributed by atoms with Crippen LogP contribution in [0.3, 0.4) is 0 Å². The molecule has 1 N–H and O–H groups in total. The monoisotopic (exact) mass is 340 g/mol. The van der Waals surface area contributed by atoms with E-state index < -0.39 is 5.60 Å². The van der Waals surface area contributed by atoms with Crippen LogP contribution in [0.25, 0.3) is 0 Å². The maximum atomic E-state index is 11.0. The molecule has 2 aliphatic rings. The lowest BCUT2D eigenvalue weighted by molar-refractivity contribution is -0.0210. The molecular weight excluding hydrogens is 316 g/mol. The van der Waals surface area contributed by atoms with Gasteiger partial charge in [-0.1, -0.05) is 13.3 Å². The Morgan fingerprint density at radius 3 is 2.70 bits per heavy atom. The number of halogens is 1. The Balaban J connectivity index is 1.77. The largest absolute Gasteiger partial charge is 0.389 e. The number of rotatable bonds is 4. The number of nitrogens with zero attached hydrogens (tertiary/aromatic N) is 2. The van der Waals surface area contributed by atoms with Crippen LogP contribution in [0.5, 0.6) is 0 Å². The van der Waals surface area contributed by atoms with E-state index in [9.17, 15) is 5.11 Å². The van der Waals surface area contributed by atoms with Gasteiger partial charge in [0, 0.05) is 13.5 Å². The maximum Gasteiger partial charge on any atom is 0.0766 e. The van der Waals surface area contributed by atoms with Gasteiger partial charge in [-0.2, -0.15) is 5.10 Å². The van der Waals surface area contributed by atoms with Gasteiger partial charge in [-0.25, -0.2) is 0 Å². The third-order valence-corrected chi connectivity index (χ3v) is 6.06. The van der Waals surface area contributed by atoms with E-state index >= 15 is 0 Å². The van der Waals surface area contributed by atoms with Crippen LogP contribution in [0.1, 0.15) is 56.8 Å². The minimum atomic E-state index is -0.521. The molecule has 20 heavy (non-hydrogen) atoms. The highest BCUT2D eigenvalue weighted by Crippen LogP contribution is 2.47. The third kappa shape index (κ3) is 2.82. The summed E-state index contributed by atoms with van der Waals surface area (Å²) in [5.41, 5.74) is 1.73. The quantitative estimate of drug-likeness (QED) is 0.908. The molecule has 2 unspecified atom stereocenters. The summed E-state index contributed by atoms with van der Waals surface area (Å²) in [6.07, 6.45) is 8.85. The first-order valence-corrected chi connectivity index (χ1v) is 8.74. The van der Waals surface area contributed by atoms with Crippen molar-refractivity contribution >= 4 is 15.9 Å². The Morgan fingerprint density at radius 2 is 2.10 bits per heavy atom. The van der Waals surface area contributed by atoms with Crippen LogP contribution in [0.2, 0.25) is 0 Å². The molecule has 0 saturated heterocycles. The topological polar surface area (TPSA) is 38.0 Å². The summed E-state index contributed by atoms with van der Waals surface area (Å²) in [4.78, 5) is 0. The smallest absolute Gasteiger partial charge is 0.0766 e. The molecule has 4 heteroatoms. The van der Waals surface area contributed by atoms with E-state index in [0.717, 1.165) is 53.4 Å². The zero-order chi connectivity index (χ0) is 14.3. The summed E-state index contributed by atoms with van der Waals surface area (Å²) in [5, 5.41) is 15.6. The summed E-state index contributed by atoms with van der Waals surface area (Å²) in [5.74, 6) is 1.66. The van der Waals surface area contributed by atoms with E-state index in [0.29, 0.717) is 0 Å². The van der Waals surface area contributed by atoms with Crippen molar-refractivity contribution in [3.05, 3.63) is 15.9 Å². The molecule has 0 bridgehead atoms. The van der Waals surface area contributed by atoms with Crippen molar-refractivity contribution in [1.82, 2.24) is 9.78 Å². The van der Waals surface area contributed by atoms with E-state index in [2.05, 4.69) is 28.0 Å². The molecule has 2 aliphatic carbocycles. The lowest BCUT2D eigenvalue weighted by Gasteiger charge is -2.37. The standard InChI is InChI=1S/C16H25BrN2O/c1-3-13-15(17)14(19(2)18-13)10-16(20)8-4-5-12(9-16)11-6-7-11/h11-12,20H,3-10H2,1-2H3. The molecule has 0 aromatic carbocycles. The summed E-state index contributed by atoms with van der Waals surface area (Å²) >= 11 is 3.68. The van der Waals surface area contributed by atoms with E-state index in [1.54, 1.807) is 0 Å². The highest BCUT2D eigenvalue weighted by Gasteiger charge is 2.41. The number of hydrogen-bond acceptors (Lipinski definition) is 2. The number of aryl methyl sites for hydroxylation is 2. The molecule has 3 nitrogen and oxygen atoms in total. The molecule has 112 valence electrons. The van der Waals surface area contributed by atoms with E-state index in [-0.39, 0.29) is 0 Å². The summed E-state index contributed by atoms with van der Waals surface area (Å²) in [6.45, 7) is 2.12. The van der Waals surface area contributed by atoms with Crippen LogP contribution < -0.4 is 0 Å². The summed E-state index contributed by atoms with van der Waals surface area (Å²) in [6, 6.07) is 0. The Morgan fingerprint density at radius 1 is 1.35 bits per heavy atom. The number of hydrogen-bond donors (Lipinski definition) is 1. The molecule has 1 aromatic heterocycles. The van der Waals surface area contributed by atoms with Gasteiger partial charge in [0.2, 0.25) is 0 Å². The molecule has 0 radical (unpaired) electrons. The van der Waals surface area contributed by atoms with Gasteiger partial charge in [-0.05, 0) is 66.3 Å². The molecule has 2 saturated carbocycles. The van der Waals surface area contributed by atoms with Gasteiger partial charge in [-0.3, -0.25) is 4.68 Å². The molecule has 3 rings (SSSR count). The predicted molar refractivity (Wildman–Crippen MR) is 83.6 cm³/mol. The minimum Gasteiger partial charge on any atom is -0.389 e. The van der Waals surface area contributed by atoms with Gasteiger partial charge in [-0.15, -0.1) is 0 Å². The molecule has 2 fully saturated rings. The first-order valence-electron chi connectivity index (χ1n) is 7.95. The molecular formula is C16H25BrN2O. The highest BCUT2D eigenvalue weighted by atomic mass is 79.9. The maximum absolute atomic E-state index is 11.0. The third-order valence-electron chi connectivity index (χ3n) is 5.15. The Bertz CT molecular complexity index is 495.